The third-order valence-electron chi connectivity index (χ3n) is 2.52. The minimum absolute atomic E-state index is 0.200. The minimum Gasteiger partial charge on any atom is -0.306 e. The summed E-state index contributed by atoms with van der Waals surface area (Å²) in [6.45, 7) is 3.00. The number of hydroxylamine groups is 1. The van der Waals surface area contributed by atoms with Gasteiger partial charge in [0, 0.05) is 0 Å². The van der Waals surface area contributed by atoms with Gasteiger partial charge in [-0.2, -0.15) is 0 Å². The molecule has 1 rings (SSSR count). The number of piperidine rings is 1. The Hall–Kier alpha value is -0.610. The summed E-state index contributed by atoms with van der Waals surface area (Å²) in [5.74, 6) is 0.307. The quantitative estimate of drug-likeness (QED) is 0.414. The summed E-state index contributed by atoms with van der Waals surface area (Å²) in [5, 5.41) is 11.5. The smallest absolute Gasteiger partial charge is 0.260 e. The van der Waals surface area contributed by atoms with Gasteiger partial charge in [0.15, 0.2) is 0 Å². The lowest BCUT2D eigenvalue weighted by atomic mass is 9.90. The zero-order chi connectivity index (χ0) is 8.97. The summed E-state index contributed by atoms with van der Waals surface area (Å²) < 4.78 is 0. The Kier molecular flexibility index (Phi) is 3.49. The normalized spacial score (nSPS) is 29.8. The first kappa shape index (κ1) is 9.48. The Balaban J connectivity index is 2.40. The maximum Gasteiger partial charge on any atom is 0.260 e. The molecule has 1 aliphatic heterocycles. The molecule has 0 saturated carbocycles. The van der Waals surface area contributed by atoms with Gasteiger partial charge in [-0.15, -0.1) is 0 Å². The average molecular weight is 172 g/mol. The monoisotopic (exact) mass is 172 g/mol. The number of carbonyl (C=O) groups excluding carboxylic acids is 1. The van der Waals surface area contributed by atoms with Gasteiger partial charge in [-0.1, -0.05) is 13.3 Å². The average Bonchev–Trinajstić information content (AvgIpc) is 2.17. The number of carbonyl (C=O) groups is 1. The first-order chi connectivity index (χ1) is 5.77. The van der Waals surface area contributed by atoms with E-state index in [0.717, 1.165) is 25.8 Å². The van der Waals surface area contributed by atoms with Crippen LogP contribution in [0.1, 0.15) is 26.2 Å². The molecule has 0 bridgehead atoms. The fraction of sp³-hybridized carbons (Fsp3) is 0.875. The summed E-state index contributed by atoms with van der Waals surface area (Å²) in [4.78, 5) is 11.0. The van der Waals surface area contributed by atoms with Crippen LogP contribution in [-0.2, 0) is 4.79 Å². The topological polar surface area (TPSA) is 61.4 Å². The third-order valence-corrected chi connectivity index (χ3v) is 2.52. The van der Waals surface area contributed by atoms with E-state index in [1.165, 1.54) is 0 Å². The van der Waals surface area contributed by atoms with Crippen LogP contribution in [-0.4, -0.2) is 23.7 Å². The van der Waals surface area contributed by atoms with E-state index < -0.39 is 0 Å². The third kappa shape index (κ3) is 2.19. The standard InChI is InChI=1S/C8H16N2O2/c1-2-6-3-4-9-7(5-6)8(11)10-12/h6-7,9,12H,2-5H2,1H3,(H,10,11). The molecule has 0 aliphatic carbocycles. The summed E-state index contributed by atoms with van der Waals surface area (Å²) in [5.41, 5.74) is 1.68. The van der Waals surface area contributed by atoms with E-state index in [-0.39, 0.29) is 11.9 Å². The molecule has 70 valence electrons. The fourth-order valence-corrected chi connectivity index (χ4v) is 1.64. The van der Waals surface area contributed by atoms with Crippen LogP contribution in [0.5, 0.6) is 0 Å². The first-order valence-electron chi connectivity index (χ1n) is 4.45. The van der Waals surface area contributed by atoms with E-state index in [0.29, 0.717) is 5.92 Å². The van der Waals surface area contributed by atoms with Gasteiger partial charge in [0.1, 0.15) is 0 Å². The van der Waals surface area contributed by atoms with Gasteiger partial charge in [0.05, 0.1) is 6.04 Å². The molecule has 1 saturated heterocycles. The Morgan fingerprint density at radius 2 is 2.50 bits per heavy atom. The van der Waals surface area contributed by atoms with Crippen molar-refractivity contribution in [2.75, 3.05) is 6.54 Å². The van der Waals surface area contributed by atoms with Crippen molar-refractivity contribution in [3.63, 3.8) is 0 Å². The molecule has 0 aromatic rings. The summed E-state index contributed by atoms with van der Waals surface area (Å²) >= 11 is 0. The molecule has 1 amide bonds. The molecular weight excluding hydrogens is 156 g/mol. The number of amides is 1. The van der Waals surface area contributed by atoms with Crippen molar-refractivity contribution in [1.82, 2.24) is 10.8 Å². The molecule has 12 heavy (non-hydrogen) atoms. The molecule has 4 heteroatoms. The summed E-state index contributed by atoms with van der Waals surface area (Å²) in [7, 11) is 0. The van der Waals surface area contributed by atoms with Crippen molar-refractivity contribution in [2.45, 2.75) is 32.2 Å². The number of hydrogen-bond acceptors (Lipinski definition) is 3. The molecule has 2 atom stereocenters. The van der Waals surface area contributed by atoms with Crippen LogP contribution in [0.25, 0.3) is 0 Å². The number of nitrogens with one attached hydrogen (secondary N) is 2. The first-order valence-corrected chi connectivity index (χ1v) is 4.45. The molecule has 0 aromatic heterocycles. The van der Waals surface area contributed by atoms with Crippen molar-refractivity contribution < 1.29 is 10.0 Å². The summed E-state index contributed by atoms with van der Waals surface area (Å²) in [6.07, 6.45) is 3.07. The van der Waals surface area contributed by atoms with Crippen LogP contribution in [0.3, 0.4) is 0 Å². The van der Waals surface area contributed by atoms with Gasteiger partial charge in [-0.3, -0.25) is 10.0 Å². The molecular formula is C8H16N2O2. The largest absolute Gasteiger partial charge is 0.306 e. The molecule has 4 nitrogen and oxygen atoms in total. The van der Waals surface area contributed by atoms with Crippen molar-refractivity contribution >= 4 is 5.91 Å². The zero-order valence-corrected chi connectivity index (χ0v) is 7.34. The van der Waals surface area contributed by atoms with E-state index in [2.05, 4.69) is 12.2 Å². The second-order valence-electron chi connectivity index (χ2n) is 3.28. The maximum absolute atomic E-state index is 11.0. The zero-order valence-electron chi connectivity index (χ0n) is 7.34. The van der Waals surface area contributed by atoms with Crippen molar-refractivity contribution in [3.05, 3.63) is 0 Å². The van der Waals surface area contributed by atoms with E-state index >= 15 is 0 Å². The highest BCUT2D eigenvalue weighted by atomic mass is 16.5. The van der Waals surface area contributed by atoms with Crippen molar-refractivity contribution in [1.29, 1.82) is 0 Å². The molecule has 1 heterocycles. The van der Waals surface area contributed by atoms with Crippen LogP contribution in [0, 0.1) is 5.92 Å². The lowest BCUT2D eigenvalue weighted by Crippen LogP contribution is -2.47. The van der Waals surface area contributed by atoms with Gasteiger partial charge in [-0.05, 0) is 25.3 Å². The van der Waals surface area contributed by atoms with E-state index in [9.17, 15) is 4.79 Å². The van der Waals surface area contributed by atoms with Crippen LogP contribution >= 0.6 is 0 Å². The molecule has 0 aromatic carbocycles. The van der Waals surface area contributed by atoms with Gasteiger partial charge in [0.2, 0.25) is 0 Å². The van der Waals surface area contributed by atoms with E-state index in [4.69, 9.17) is 5.21 Å². The molecule has 0 spiro atoms. The second kappa shape index (κ2) is 4.42. The Morgan fingerprint density at radius 1 is 1.75 bits per heavy atom. The Morgan fingerprint density at radius 3 is 3.08 bits per heavy atom. The molecule has 2 unspecified atom stereocenters. The van der Waals surface area contributed by atoms with Crippen LogP contribution in [0.2, 0.25) is 0 Å². The van der Waals surface area contributed by atoms with Crippen LogP contribution in [0.15, 0.2) is 0 Å². The highest BCUT2D eigenvalue weighted by Crippen LogP contribution is 2.18. The van der Waals surface area contributed by atoms with Crippen molar-refractivity contribution in [3.8, 4) is 0 Å². The summed E-state index contributed by atoms with van der Waals surface area (Å²) in [6, 6.07) is -0.200. The van der Waals surface area contributed by atoms with E-state index in [1.54, 1.807) is 5.48 Å². The van der Waals surface area contributed by atoms with Crippen molar-refractivity contribution in [2.24, 2.45) is 5.92 Å². The van der Waals surface area contributed by atoms with Gasteiger partial charge < -0.3 is 5.32 Å². The Bertz CT molecular complexity index is 161. The van der Waals surface area contributed by atoms with E-state index in [1.807, 2.05) is 0 Å². The van der Waals surface area contributed by atoms with Crippen LogP contribution in [0.4, 0.5) is 0 Å². The lowest BCUT2D eigenvalue weighted by molar-refractivity contribution is -0.132. The molecule has 1 aliphatic rings. The fourth-order valence-electron chi connectivity index (χ4n) is 1.64. The van der Waals surface area contributed by atoms with Gasteiger partial charge >= 0.3 is 0 Å². The highest BCUT2D eigenvalue weighted by molar-refractivity contribution is 5.80. The predicted molar refractivity (Wildman–Crippen MR) is 44.7 cm³/mol. The SMILES string of the molecule is CCC1CCNC(C(=O)NO)C1. The van der Waals surface area contributed by atoms with Gasteiger partial charge in [-0.25, -0.2) is 5.48 Å². The molecule has 1 fully saturated rings. The molecule has 0 radical (unpaired) electrons. The maximum atomic E-state index is 11.0. The number of rotatable bonds is 2. The molecule has 3 N–H and O–H groups in total. The predicted octanol–water partition coefficient (Wildman–Crippen LogP) is 0.270. The lowest BCUT2D eigenvalue weighted by Gasteiger charge is -2.27. The minimum atomic E-state index is -0.312. The van der Waals surface area contributed by atoms with Gasteiger partial charge in [0.25, 0.3) is 5.91 Å². The Labute approximate surface area is 72.3 Å². The second-order valence-corrected chi connectivity index (χ2v) is 3.28. The highest BCUT2D eigenvalue weighted by Gasteiger charge is 2.25. The van der Waals surface area contributed by atoms with Crippen LogP contribution < -0.4 is 10.8 Å². The number of hydrogen-bond donors (Lipinski definition) is 3.